The number of benzene rings is 1. The van der Waals surface area contributed by atoms with Crippen molar-refractivity contribution in [3.8, 4) is 5.75 Å². The van der Waals surface area contributed by atoms with E-state index < -0.39 is 6.10 Å². The molecule has 0 bridgehead atoms. The highest BCUT2D eigenvalue weighted by Gasteiger charge is 2.34. The van der Waals surface area contributed by atoms with Crippen molar-refractivity contribution < 1.29 is 14.3 Å². The fourth-order valence-electron chi connectivity index (χ4n) is 2.64. The lowest BCUT2D eigenvalue weighted by Gasteiger charge is -2.34. The molecule has 0 saturated carbocycles. The van der Waals surface area contributed by atoms with E-state index in [0.717, 1.165) is 12.0 Å². The SMILES string of the molecule is CCCNC(=O)[C@H]1CN(C(=O)c2sccc2C)c2ccccc2O1. The zero-order valence-electron chi connectivity index (χ0n) is 13.7. The third-order valence-electron chi connectivity index (χ3n) is 3.92. The second-order valence-electron chi connectivity index (χ2n) is 5.71. The minimum Gasteiger partial charge on any atom is -0.477 e. The van der Waals surface area contributed by atoms with Crippen molar-refractivity contribution in [3.05, 3.63) is 46.2 Å². The molecule has 1 aromatic heterocycles. The zero-order chi connectivity index (χ0) is 17.1. The summed E-state index contributed by atoms with van der Waals surface area (Å²) in [5.41, 5.74) is 1.65. The van der Waals surface area contributed by atoms with Gasteiger partial charge >= 0.3 is 0 Å². The monoisotopic (exact) mass is 344 g/mol. The largest absolute Gasteiger partial charge is 0.477 e. The van der Waals surface area contributed by atoms with Gasteiger partial charge in [0.25, 0.3) is 11.8 Å². The summed E-state index contributed by atoms with van der Waals surface area (Å²) in [5, 5.41) is 4.74. The Hall–Kier alpha value is -2.34. The topological polar surface area (TPSA) is 58.6 Å². The smallest absolute Gasteiger partial charge is 0.268 e. The van der Waals surface area contributed by atoms with Gasteiger partial charge in [-0.15, -0.1) is 11.3 Å². The van der Waals surface area contributed by atoms with Gasteiger partial charge in [-0.2, -0.15) is 0 Å². The molecule has 1 aliphatic heterocycles. The Bertz CT molecular complexity index is 756. The number of rotatable bonds is 4. The maximum absolute atomic E-state index is 13.0. The van der Waals surface area contributed by atoms with Crippen LogP contribution >= 0.6 is 11.3 Å². The number of aryl methyl sites for hydroxylation is 1. The number of carbonyl (C=O) groups is 2. The van der Waals surface area contributed by atoms with E-state index in [9.17, 15) is 9.59 Å². The summed E-state index contributed by atoms with van der Waals surface area (Å²) in [6.45, 7) is 4.72. The summed E-state index contributed by atoms with van der Waals surface area (Å²) in [4.78, 5) is 27.6. The summed E-state index contributed by atoms with van der Waals surface area (Å²) in [6, 6.07) is 9.26. The van der Waals surface area contributed by atoms with Crippen LogP contribution in [0, 0.1) is 6.92 Å². The van der Waals surface area contributed by atoms with Gasteiger partial charge in [0.15, 0.2) is 6.10 Å². The van der Waals surface area contributed by atoms with Crippen LogP contribution in [0.5, 0.6) is 5.75 Å². The molecule has 6 heteroatoms. The van der Waals surface area contributed by atoms with Crippen molar-refractivity contribution in [2.75, 3.05) is 18.0 Å². The Balaban J connectivity index is 1.91. The van der Waals surface area contributed by atoms with Crippen molar-refractivity contribution in [3.63, 3.8) is 0 Å². The summed E-state index contributed by atoms with van der Waals surface area (Å²) >= 11 is 1.42. The standard InChI is InChI=1S/C18H20N2O3S/c1-3-9-19-17(21)15-11-20(13-6-4-5-7-14(13)23-15)18(22)16-12(2)8-10-24-16/h4-8,10,15H,3,9,11H2,1-2H3,(H,19,21)/t15-/m1/s1. The Morgan fingerprint density at radius 2 is 2.12 bits per heavy atom. The van der Waals surface area contributed by atoms with Crippen LogP contribution in [0.25, 0.3) is 0 Å². The lowest BCUT2D eigenvalue weighted by molar-refractivity contribution is -0.127. The van der Waals surface area contributed by atoms with E-state index in [1.807, 2.05) is 43.5 Å². The fraction of sp³-hybridized carbons (Fsp3) is 0.333. The van der Waals surface area contributed by atoms with Gasteiger partial charge in [0.2, 0.25) is 0 Å². The molecule has 1 aliphatic rings. The summed E-state index contributed by atoms with van der Waals surface area (Å²) in [7, 11) is 0. The highest BCUT2D eigenvalue weighted by Crippen LogP contribution is 2.35. The average molecular weight is 344 g/mol. The molecule has 0 radical (unpaired) electrons. The van der Waals surface area contributed by atoms with Gasteiger partial charge in [-0.25, -0.2) is 0 Å². The highest BCUT2D eigenvalue weighted by molar-refractivity contribution is 7.12. The number of thiophene rings is 1. The predicted octanol–water partition coefficient (Wildman–Crippen LogP) is 2.99. The van der Waals surface area contributed by atoms with Crippen LogP contribution in [0.15, 0.2) is 35.7 Å². The number of fused-ring (bicyclic) bond motifs is 1. The first kappa shape index (κ1) is 16.5. The third-order valence-corrected chi connectivity index (χ3v) is 4.92. The summed E-state index contributed by atoms with van der Waals surface area (Å²) in [5.74, 6) is 0.279. The normalized spacial score (nSPS) is 16.2. The van der Waals surface area contributed by atoms with E-state index in [2.05, 4.69) is 5.32 Å². The summed E-state index contributed by atoms with van der Waals surface area (Å²) < 4.78 is 5.82. The second-order valence-corrected chi connectivity index (χ2v) is 6.63. The van der Waals surface area contributed by atoms with Crippen molar-refractivity contribution in [2.45, 2.75) is 26.4 Å². The number of hydrogen-bond donors (Lipinski definition) is 1. The minimum absolute atomic E-state index is 0.0912. The van der Waals surface area contributed by atoms with Crippen molar-refractivity contribution >= 4 is 28.8 Å². The molecule has 2 heterocycles. The molecular formula is C18H20N2O3S. The first-order valence-electron chi connectivity index (χ1n) is 8.01. The van der Waals surface area contributed by atoms with Crippen molar-refractivity contribution in [1.82, 2.24) is 5.32 Å². The highest BCUT2D eigenvalue weighted by atomic mass is 32.1. The van der Waals surface area contributed by atoms with Gasteiger partial charge in [0, 0.05) is 6.54 Å². The maximum Gasteiger partial charge on any atom is 0.268 e. The number of carbonyl (C=O) groups excluding carboxylic acids is 2. The molecule has 0 spiro atoms. The number of hydrogen-bond acceptors (Lipinski definition) is 4. The van der Waals surface area contributed by atoms with Crippen LogP contribution in [0.3, 0.4) is 0 Å². The van der Waals surface area contributed by atoms with E-state index in [4.69, 9.17) is 4.74 Å². The Labute approximate surface area is 145 Å². The Kier molecular flexibility index (Phi) is 4.85. The van der Waals surface area contributed by atoms with Gasteiger partial charge in [0.05, 0.1) is 17.1 Å². The van der Waals surface area contributed by atoms with Crippen LogP contribution in [0.1, 0.15) is 28.6 Å². The fourth-order valence-corrected chi connectivity index (χ4v) is 3.51. The van der Waals surface area contributed by atoms with E-state index >= 15 is 0 Å². The van der Waals surface area contributed by atoms with Crippen LogP contribution in [-0.2, 0) is 4.79 Å². The second kappa shape index (κ2) is 7.05. The van der Waals surface area contributed by atoms with E-state index in [0.29, 0.717) is 22.9 Å². The molecule has 3 rings (SSSR count). The van der Waals surface area contributed by atoms with Gasteiger partial charge in [-0.1, -0.05) is 19.1 Å². The van der Waals surface area contributed by atoms with Crippen molar-refractivity contribution in [1.29, 1.82) is 0 Å². The zero-order valence-corrected chi connectivity index (χ0v) is 14.6. The third kappa shape index (κ3) is 3.14. The number of ether oxygens (including phenoxy) is 1. The molecule has 0 aliphatic carbocycles. The first-order chi connectivity index (χ1) is 11.6. The van der Waals surface area contributed by atoms with E-state index in [-0.39, 0.29) is 18.4 Å². The number of nitrogens with one attached hydrogen (secondary N) is 1. The first-order valence-corrected chi connectivity index (χ1v) is 8.89. The Morgan fingerprint density at radius 3 is 2.83 bits per heavy atom. The molecule has 1 N–H and O–H groups in total. The van der Waals surface area contributed by atoms with Crippen molar-refractivity contribution in [2.24, 2.45) is 0 Å². The molecule has 0 unspecified atom stereocenters. The number of anilines is 1. The molecule has 24 heavy (non-hydrogen) atoms. The molecule has 2 amide bonds. The molecule has 2 aromatic rings. The van der Waals surface area contributed by atoms with Gasteiger partial charge < -0.3 is 10.1 Å². The number of amides is 2. The minimum atomic E-state index is -0.698. The summed E-state index contributed by atoms with van der Waals surface area (Å²) in [6.07, 6.45) is 0.155. The van der Waals surface area contributed by atoms with Gasteiger partial charge in [0.1, 0.15) is 5.75 Å². The quantitative estimate of drug-likeness (QED) is 0.928. The molecule has 0 saturated heterocycles. The molecule has 0 fully saturated rings. The lowest BCUT2D eigenvalue weighted by atomic mass is 10.1. The predicted molar refractivity (Wildman–Crippen MR) is 94.9 cm³/mol. The molecule has 1 atom stereocenters. The number of nitrogens with zero attached hydrogens (tertiary/aromatic N) is 1. The van der Waals surface area contributed by atoms with Gasteiger partial charge in [-0.3, -0.25) is 14.5 Å². The van der Waals surface area contributed by atoms with Gasteiger partial charge in [-0.05, 0) is 42.5 Å². The lowest BCUT2D eigenvalue weighted by Crippen LogP contribution is -2.50. The molecule has 126 valence electrons. The average Bonchev–Trinajstić information content (AvgIpc) is 3.04. The van der Waals surface area contributed by atoms with Crippen LogP contribution < -0.4 is 15.0 Å². The van der Waals surface area contributed by atoms with E-state index in [1.54, 1.807) is 11.0 Å². The Morgan fingerprint density at radius 1 is 1.33 bits per heavy atom. The molecule has 5 nitrogen and oxygen atoms in total. The molecular weight excluding hydrogens is 324 g/mol. The van der Waals surface area contributed by atoms with Crippen LogP contribution in [0.4, 0.5) is 5.69 Å². The maximum atomic E-state index is 13.0. The molecule has 1 aromatic carbocycles. The van der Waals surface area contributed by atoms with Crippen LogP contribution in [-0.4, -0.2) is 31.0 Å². The van der Waals surface area contributed by atoms with Crippen LogP contribution in [0.2, 0.25) is 0 Å². The number of para-hydroxylation sites is 2. The van der Waals surface area contributed by atoms with E-state index in [1.165, 1.54) is 11.3 Å².